The van der Waals surface area contributed by atoms with Crippen LogP contribution in [0.2, 0.25) is 0 Å². The molecule has 7 nitrogen and oxygen atoms in total. The molecule has 2 N–H and O–H groups in total. The first-order valence-corrected chi connectivity index (χ1v) is 9.17. The van der Waals surface area contributed by atoms with Crippen LogP contribution in [0.5, 0.6) is 11.5 Å². The molecule has 2 aromatic rings. The van der Waals surface area contributed by atoms with E-state index in [9.17, 15) is 9.59 Å². The highest BCUT2D eigenvalue weighted by atomic mass is 16.5. The first kappa shape index (κ1) is 21.9. The van der Waals surface area contributed by atoms with Crippen molar-refractivity contribution in [2.45, 2.75) is 26.2 Å². The molecule has 2 rings (SSSR count). The maximum Gasteiger partial charge on any atom is 0.259 e. The van der Waals surface area contributed by atoms with Crippen LogP contribution >= 0.6 is 0 Å². The summed E-state index contributed by atoms with van der Waals surface area (Å²) in [6.45, 7) is 6.14. The van der Waals surface area contributed by atoms with Crippen LogP contribution in [0.15, 0.2) is 47.6 Å². The second-order valence-electron chi connectivity index (χ2n) is 7.42. The standard InChI is InChI=1S/C22H27N3O4/c1-22(2,3)17-9-7-16(8-10-17)21(27)23-14-20(26)25-24-13-15-6-11-18(28-4)19(12-15)29-5/h6-13H,14H2,1-5H3,(H,23,27)(H,25,26)/b24-13-. The summed E-state index contributed by atoms with van der Waals surface area (Å²) in [5.41, 5.74) is 4.75. The SMILES string of the molecule is COc1ccc(/C=N\NC(=O)CNC(=O)c2ccc(C(C)(C)C)cc2)cc1OC. The molecule has 0 unspecified atom stereocenters. The van der Waals surface area contributed by atoms with Gasteiger partial charge in [0.2, 0.25) is 0 Å². The molecule has 0 saturated carbocycles. The van der Waals surface area contributed by atoms with Crippen molar-refractivity contribution >= 4 is 18.0 Å². The third-order valence-corrected chi connectivity index (χ3v) is 4.23. The predicted molar refractivity (Wildman–Crippen MR) is 113 cm³/mol. The molecule has 0 radical (unpaired) electrons. The molecule has 0 heterocycles. The van der Waals surface area contributed by atoms with E-state index < -0.39 is 5.91 Å². The molecule has 0 bridgehead atoms. The van der Waals surface area contributed by atoms with Crippen LogP contribution < -0.4 is 20.2 Å². The molecule has 0 fully saturated rings. The molecule has 7 heteroatoms. The van der Waals surface area contributed by atoms with Gasteiger partial charge in [-0.25, -0.2) is 5.43 Å². The van der Waals surface area contributed by atoms with E-state index in [2.05, 4.69) is 36.6 Å². The Labute approximate surface area is 171 Å². The number of hydrogen-bond donors (Lipinski definition) is 2. The van der Waals surface area contributed by atoms with Gasteiger partial charge in [0.25, 0.3) is 11.8 Å². The zero-order valence-corrected chi connectivity index (χ0v) is 17.4. The van der Waals surface area contributed by atoms with Crippen LogP contribution in [-0.4, -0.2) is 38.8 Å². The second kappa shape index (κ2) is 9.73. The molecule has 29 heavy (non-hydrogen) atoms. The van der Waals surface area contributed by atoms with Crippen LogP contribution in [0.3, 0.4) is 0 Å². The average molecular weight is 397 g/mol. The van der Waals surface area contributed by atoms with Crippen molar-refractivity contribution in [2.75, 3.05) is 20.8 Å². The monoisotopic (exact) mass is 397 g/mol. The van der Waals surface area contributed by atoms with Gasteiger partial charge in [0, 0.05) is 5.56 Å². The van der Waals surface area contributed by atoms with Gasteiger partial charge in [-0.3, -0.25) is 9.59 Å². The van der Waals surface area contributed by atoms with Crippen molar-refractivity contribution in [1.29, 1.82) is 0 Å². The van der Waals surface area contributed by atoms with E-state index in [1.54, 1.807) is 44.6 Å². The first-order valence-electron chi connectivity index (χ1n) is 9.17. The van der Waals surface area contributed by atoms with E-state index in [4.69, 9.17) is 9.47 Å². The highest BCUT2D eigenvalue weighted by Gasteiger charge is 2.14. The summed E-state index contributed by atoms with van der Waals surface area (Å²) in [5.74, 6) is 0.422. The van der Waals surface area contributed by atoms with E-state index in [1.165, 1.54) is 6.21 Å². The van der Waals surface area contributed by atoms with Gasteiger partial charge in [-0.15, -0.1) is 0 Å². The molecule has 0 spiro atoms. The molecule has 0 aliphatic rings. The number of hydrogen-bond acceptors (Lipinski definition) is 5. The summed E-state index contributed by atoms with van der Waals surface area (Å²) >= 11 is 0. The van der Waals surface area contributed by atoms with E-state index in [-0.39, 0.29) is 17.9 Å². The fourth-order valence-corrected chi connectivity index (χ4v) is 2.54. The molecule has 154 valence electrons. The van der Waals surface area contributed by atoms with Crippen molar-refractivity contribution in [3.63, 3.8) is 0 Å². The van der Waals surface area contributed by atoms with Crippen molar-refractivity contribution in [3.05, 3.63) is 59.2 Å². The molecular weight excluding hydrogens is 370 g/mol. The van der Waals surface area contributed by atoms with Gasteiger partial charge < -0.3 is 14.8 Å². The third-order valence-electron chi connectivity index (χ3n) is 4.23. The van der Waals surface area contributed by atoms with Crippen LogP contribution in [0, 0.1) is 0 Å². The Kier molecular flexibility index (Phi) is 7.36. The molecule has 0 aliphatic heterocycles. The molecule has 0 aliphatic carbocycles. The smallest absolute Gasteiger partial charge is 0.259 e. The Morgan fingerprint density at radius 1 is 1.00 bits per heavy atom. The minimum absolute atomic E-state index is 0.0147. The molecule has 0 atom stereocenters. The van der Waals surface area contributed by atoms with Gasteiger partial charge in [-0.1, -0.05) is 32.9 Å². The molecule has 2 amide bonds. The van der Waals surface area contributed by atoms with Gasteiger partial charge in [0.15, 0.2) is 11.5 Å². The lowest BCUT2D eigenvalue weighted by Gasteiger charge is -2.19. The van der Waals surface area contributed by atoms with Gasteiger partial charge in [0.05, 0.1) is 27.0 Å². The Balaban J connectivity index is 1.85. The average Bonchev–Trinajstić information content (AvgIpc) is 2.71. The van der Waals surface area contributed by atoms with Crippen molar-refractivity contribution in [2.24, 2.45) is 5.10 Å². The quantitative estimate of drug-likeness (QED) is 0.555. The van der Waals surface area contributed by atoms with Gasteiger partial charge in [-0.05, 0) is 46.9 Å². The van der Waals surface area contributed by atoms with E-state index in [0.29, 0.717) is 17.1 Å². The maximum atomic E-state index is 12.2. The summed E-state index contributed by atoms with van der Waals surface area (Å²) in [5, 5.41) is 6.47. The van der Waals surface area contributed by atoms with E-state index >= 15 is 0 Å². The molecule has 2 aromatic carbocycles. The molecular formula is C22H27N3O4. The largest absolute Gasteiger partial charge is 0.493 e. The summed E-state index contributed by atoms with van der Waals surface area (Å²) < 4.78 is 10.4. The second-order valence-corrected chi connectivity index (χ2v) is 7.42. The summed E-state index contributed by atoms with van der Waals surface area (Å²) in [7, 11) is 3.10. The summed E-state index contributed by atoms with van der Waals surface area (Å²) in [6, 6.07) is 12.6. The minimum atomic E-state index is -0.429. The van der Waals surface area contributed by atoms with Crippen LogP contribution in [0.4, 0.5) is 0 Å². The lowest BCUT2D eigenvalue weighted by molar-refractivity contribution is -0.120. The molecule has 0 aromatic heterocycles. The fourth-order valence-electron chi connectivity index (χ4n) is 2.54. The van der Waals surface area contributed by atoms with Crippen molar-refractivity contribution in [3.8, 4) is 11.5 Å². The van der Waals surface area contributed by atoms with Crippen LogP contribution in [0.25, 0.3) is 0 Å². The fraction of sp³-hybridized carbons (Fsp3) is 0.318. The predicted octanol–water partition coefficient (Wildman–Crippen LogP) is 2.88. The lowest BCUT2D eigenvalue weighted by Crippen LogP contribution is -2.34. The Hall–Kier alpha value is -3.35. The Morgan fingerprint density at radius 3 is 2.24 bits per heavy atom. The van der Waals surface area contributed by atoms with Gasteiger partial charge in [-0.2, -0.15) is 5.10 Å². The molecule has 0 saturated heterocycles. The normalized spacial score (nSPS) is 11.2. The number of ether oxygens (including phenoxy) is 2. The third kappa shape index (κ3) is 6.34. The van der Waals surface area contributed by atoms with Gasteiger partial charge in [0.1, 0.15) is 0 Å². The Bertz CT molecular complexity index is 884. The Morgan fingerprint density at radius 2 is 1.66 bits per heavy atom. The summed E-state index contributed by atoms with van der Waals surface area (Å²) in [6.07, 6.45) is 1.48. The zero-order chi connectivity index (χ0) is 21.4. The number of nitrogens with one attached hydrogen (secondary N) is 2. The number of methoxy groups -OCH3 is 2. The highest BCUT2D eigenvalue weighted by Crippen LogP contribution is 2.26. The number of carbonyl (C=O) groups excluding carboxylic acids is 2. The highest BCUT2D eigenvalue weighted by molar-refractivity contribution is 5.96. The minimum Gasteiger partial charge on any atom is -0.493 e. The number of hydrazone groups is 1. The van der Waals surface area contributed by atoms with Crippen LogP contribution in [-0.2, 0) is 10.2 Å². The first-order chi connectivity index (χ1) is 13.7. The van der Waals surface area contributed by atoms with E-state index in [1.807, 2.05) is 12.1 Å². The summed E-state index contributed by atoms with van der Waals surface area (Å²) in [4.78, 5) is 24.1. The number of benzene rings is 2. The zero-order valence-electron chi connectivity index (χ0n) is 17.4. The van der Waals surface area contributed by atoms with E-state index in [0.717, 1.165) is 11.1 Å². The lowest BCUT2D eigenvalue weighted by atomic mass is 9.87. The van der Waals surface area contributed by atoms with Crippen LogP contribution in [0.1, 0.15) is 42.3 Å². The number of amides is 2. The number of nitrogens with zero attached hydrogens (tertiary/aromatic N) is 1. The van der Waals surface area contributed by atoms with Gasteiger partial charge >= 0.3 is 0 Å². The number of carbonyl (C=O) groups is 2. The van der Waals surface area contributed by atoms with Crippen molar-refractivity contribution in [1.82, 2.24) is 10.7 Å². The number of rotatable bonds is 7. The maximum absolute atomic E-state index is 12.2. The topological polar surface area (TPSA) is 89.0 Å². The van der Waals surface area contributed by atoms with Crippen molar-refractivity contribution < 1.29 is 19.1 Å².